The van der Waals surface area contributed by atoms with Crippen LogP contribution in [0.1, 0.15) is 19.4 Å². The lowest BCUT2D eigenvalue weighted by Gasteiger charge is -2.13. The van der Waals surface area contributed by atoms with Gasteiger partial charge < -0.3 is 14.2 Å². The van der Waals surface area contributed by atoms with Gasteiger partial charge in [-0.1, -0.05) is 5.92 Å². The van der Waals surface area contributed by atoms with Crippen molar-refractivity contribution in [2.75, 3.05) is 26.4 Å². The van der Waals surface area contributed by atoms with Gasteiger partial charge in [-0.15, -0.1) is 6.42 Å². The second-order valence-corrected chi connectivity index (χ2v) is 7.18. The third-order valence-electron chi connectivity index (χ3n) is 3.40. The minimum absolute atomic E-state index is 0.0742. The van der Waals surface area contributed by atoms with Gasteiger partial charge in [-0.3, -0.25) is 19.3 Å². The average Bonchev–Trinajstić information content (AvgIpc) is 2.89. The summed E-state index contributed by atoms with van der Waals surface area (Å²) in [5, 5.41) is -0.526. The number of nitrogens with zero attached hydrogens (tertiary/aromatic N) is 1. The zero-order chi connectivity index (χ0) is 20.7. The Balaban J connectivity index is 2.29. The van der Waals surface area contributed by atoms with Crippen molar-refractivity contribution in [1.82, 2.24) is 4.90 Å². The van der Waals surface area contributed by atoms with Gasteiger partial charge in [0.05, 0.1) is 22.6 Å². The minimum Gasteiger partial charge on any atom is -0.490 e. The molecule has 0 aliphatic carbocycles. The molecule has 0 saturated carbocycles. The number of esters is 1. The number of benzene rings is 1. The normalized spacial score (nSPS) is 14.9. The molecule has 0 N–H and O–H groups in total. The quantitative estimate of drug-likeness (QED) is 0.328. The maximum Gasteiger partial charge on any atom is 0.326 e. The van der Waals surface area contributed by atoms with Crippen molar-refractivity contribution in [1.29, 1.82) is 0 Å². The standard InChI is InChI=1S/C19H18BrNO6S/c1-4-7-27-17-13(20)8-12(9-14(17)25-5-2)10-15-18(23)21(19(24)28-15)11-16(22)26-6-3/h1,8-10H,5-7,11H2,2-3H3/b15-10-. The number of hydrogen-bond donors (Lipinski definition) is 0. The van der Waals surface area contributed by atoms with Gasteiger partial charge in [0.15, 0.2) is 11.5 Å². The molecule has 1 aromatic carbocycles. The molecule has 7 nitrogen and oxygen atoms in total. The van der Waals surface area contributed by atoms with E-state index in [1.165, 1.54) is 0 Å². The number of amides is 2. The van der Waals surface area contributed by atoms with Gasteiger partial charge in [-0.25, -0.2) is 0 Å². The van der Waals surface area contributed by atoms with E-state index in [1.54, 1.807) is 25.1 Å². The summed E-state index contributed by atoms with van der Waals surface area (Å²) in [6.07, 6.45) is 6.78. The van der Waals surface area contributed by atoms with Crippen LogP contribution in [0.25, 0.3) is 6.08 Å². The zero-order valence-corrected chi connectivity index (χ0v) is 17.7. The minimum atomic E-state index is -0.637. The molecule has 28 heavy (non-hydrogen) atoms. The predicted octanol–water partition coefficient (Wildman–Crippen LogP) is 3.46. The fraction of sp³-hybridized carbons (Fsp3) is 0.316. The van der Waals surface area contributed by atoms with E-state index in [-0.39, 0.29) is 18.1 Å². The molecule has 1 aliphatic rings. The Morgan fingerprint density at radius 3 is 2.68 bits per heavy atom. The Labute approximate surface area is 175 Å². The molecule has 2 amide bonds. The summed E-state index contributed by atoms with van der Waals surface area (Å²) in [5.41, 5.74) is 0.616. The SMILES string of the molecule is C#CCOc1c(Br)cc(/C=C2\SC(=O)N(CC(=O)OCC)C2=O)cc1OCC. The summed E-state index contributed by atoms with van der Waals surface area (Å²) in [4.78, 5) is 37.2. The Hall–Kier alpha value is -2.44. The molecule has 0 bridgehead atoms. The summed E-state index contributed by atoms with van der Waals surface area (Å²) >= 11 is 4.16. The molecular formula is C19H18BrNO6S. The summed E-state index contributed by atoms with van der Waals surface area (Å²) < 4.78 is 16.5. The first-order valence-electron chi connectivity index (χ1n) is 8.34. The predicted molar refractivity (Wildman–Crippen MR) is 109 cm³/mol. The molecule has 0 spiro atoms. The van der Waals surface area contributed by atoms with Crippen LogP contribution in [-0.2, 0) is 14.3 Å². The van der Waals surface area contributed by atoms with E-state index in [4.69, 9.17) is 20.6 Å². The van der Waals surface area contributed by atoms with E-state index in [1.807, 2.05) is 6.92 Å². The van der Waals surface area contributed by atoms with Crippen molar-refractivity contribution in [2.45, 2.75) is 13.8 Å². The molecule has 1 fully saturated rings. The van der Waals surface area contributed by atoms with E-state index in [9.17, 15) is 14.4 Å². The van der Waals surface area contributed by atoms with Gasteiger partial charge in [0.2, 0.25) is 0 Å². The molecule has 1 aliphatic heterocycles. The van der Waals surface area contributed by atoms with E-state index >= 15 is 0 Å². The van der Waals surface area contributed by atoms with E-state index in [2.05, 4.69) is 21.9 Å². The molecule has 1 saturated heterocycles. The molecule has 0 aromatic heterocycles. The van der Waals surface area contributed by atoms with E-state index in [0.29, 0.717) is 28.1 Å². The number of ether oxygens (including phenoxy) is 3. The van der Waals surface area contributed by atoms with Crippen molar-refractivity contribution < 1.29 is 28.6 Å². The summed E-state index contributed by atoms with van der Waals surface area (Å²) in [5.74, 6) is 2.10. The van der Waals surface area contributed by atoms with Gasteiger partial charge in [0.25, 0.3) is 11.1 Å². The Morgan fingerprint density at radius 2 is 2.04 bits per heavy atom. The first-order chi connectivity index (χ1) is 13.4. The molecule has 0 unspecified atom stereocenters. The summed E-state index contributed by atoms with van der Waals surface area (Å²) in [6, 6.07) is 3.40. The topological polar surface area (TPSA) is 82.1 Å². The van der Waals surface area contributed by atoms with Crippen molar-refractivity contribution in [3.63, 3.8) is 0 Å². The van der Waals surface area contributed by atoms with Gasteiger partial charge in [-0.2, -0.15) is 0 Å². The molecule has 148 valence electrons. The lowest BCUT2D eigenvalue weighted by Crippen LogP contribution is -2.34. The Bertz CT molecular complexity index is 861. The highest BCUT2D eigenvalue weighted by Crippen LogP contribution is 2.39. The lowest BCUT2D eigenvalue weighted by molar-refractivity contribution is -0.145. The largest absolute Gasteiger partial charge is 0.490 e. The van der Waals surface area contributed by atoms with E-state index in [0.717, 1.165) is 16.7 Å². The summed E-state index contributed by atoms with van der Waals surface area (Å²) in [6.45, 7) is 3.71. The van der Waals surface area contributed by atoms with Crippen LogP contribution in [0.2, 0.25) is 0 Å². The van der Waals surface area contributed by atoms with E-state index < -0.39 is 23.7 Å². The zero-order valence-electron chi connectivity index (χ0n) is 15.3. The average molecular weight is 468 g/mol. The first kappa shape index (κ1) is 21.9. The van der Waals surface area contributed by atoms with Crippen LogP contribution in [-0.4, -0.2) is 48.4 Å². The van der Waals surface area contributed by atoms with Crippen LogP contribution in [0.4, 0.5) is 4.79 Å². The molecule has 9 heteroatoms. The molecule has 0 radical (unpaired) electrons. The number of rotatable bonds is 8. The highest BCUT2D eigenvalue weighted by atomic mass is 79.9. The number of carbonyl (C=O) groups excluding carboxylic acids is 3. The van der Waals surface area contributed by atoms with Crippen LogP contribution in [0, 0.1) is 12.3 Å². The monoisotopic (exact) mass is 467 g/mol. The molecular weight excluding hydrogens is 450 g/mol. The third-order valence-corrected chi connectivity index (χ3v) is 4.89. The lowest BCUT2D eigenvalue weighted by atomic mass is 10.2. The number of terminal acetylenes is 1. The van der Waals surface area contributed by atoms with Crippen molar-refractivity contribution in [2.24, 2.45) is 0 Å². The molecule has 1 heterocycles. The number of carbonyl (C=O) groups is 3. The number of hydrogen-bond acceptors (Lipinski definition) is 7. The second kappa shape index (κ2) is 10.2. The van der Waals surface area contributed by atoms with Crippen LogP contribution >= 0.6 is 27.7 Å². The maximum absolute atomic E-state index is 12.5. The Morgan fingerprint density at radius 1 is 1.29 bits per heavy atom. The fourth-order valence-corrected chi connectivity index (χ4v) is 3.72. The van der Waals surface area contributed by atoms with Crippen molar-refractivity contribution in [3.8, 4) is 23.8 Å². The number of thioether (sulfide) groups is 1. The van der Waals surface area contributed by atoms with Crippen LogP contribution in [0.5, 0.6) is 11.5 Å². The molecule has 1 aromatic rings. The molecule has 0 atom stereocenters. The Kier molecular flexibility index (Phi) is 7.96. The number of imide groups is 1. The number of halogens is 1. The van der Waals surface area contributed by atoms with Crippen molar-refractivity contribution in [3.05, 3.63) is 27.1 Å². The summed E-state index contributed by atoms with van der Waals surface area (Å²) in [7, 11) is 0. The first-order valence-corrected chi connectivity index (χ1v) is 9.95. The van der Waals surface area contributed by atoms with Crippen LogP contribution in [0.3, 0.4) is 0 Å². The third kappa shape index (κ3) is 5.30. The highest BCUT2D eigenvalue weighted by molar-refractivity contribution is 9.10. The fourth-order valence-electron chi connectivity index (χ4n) is 2.31. The van der Waals surface area contributed by atoms with Crippen LogP contribution in [0.15, 0.2) is 21.5 Å². The van der Waals surface area contributed by atoms with Gasteiger partial charge in [0, 0.05) is 0 Å². The highest BCUT2D eigenvalue weighted by Gasteiger charge is 2.36. The van der Waals surface area contributed by atoms with Crippen LogP contribution < -0.4 is 9.47 Å². The van der Waals surface area contributed by atoms with Gasteiger partial charge >= 0.3 is 5.97 Å². The smallest absolute Gasteiger partial charge is 0.326 e. The maximum atomic E-state index is 12.5. The van der Waals surface area contributed by atoms with Gasteiger partial charge in [-0.05, 0) is 65.3 Å². The second-order valence-electron chi connectivity index (χ2n) is 5.33. The van der Waals surface area contributed by atoms with Crippen molar-refractivity contribution >= 4 is 50.9 Å². The molecule has 2 rings (SSSR count). The van der Waals surface area contributed by atoms with Gasteiger partial charge in [0.1, 0.15) is 13.2 Å².